The number of nitrogens with zero attached hydrogens (tertiary/aromatic N) is 3. The Kier molecular flexibility index (Phi) is 7.56. The van der Waals surface area contributed by atoms with Crippen molar-refractivity contribution in [2.75, 3.05) is 26.3 Å². The zero-order valence-corrected chi connectivity index (χ0v) is 14.6. The molecular formula is C17H28ClN3O. The third kappa shape index (κ3) is 5.82. The largest absolute Gasteiger partial charge is 0.380 e. The second kappa shape index (κ2) is 9.43. The Morgan fingerprint density at radius 2 is 2.18 bits per heavy atom. The summed E-state index contributed by atoms with van der Waals surface area (Å²) in [7, 11) is 0. The highest BCUT2D eigenvalue weighted by Gasteiger charge is 2.23. The van der Waals surface area contributed by atoms with Crippen LogP contribution in [0.5, 0.6) is 0 Å². The summed E-state index contributed by atoms with van der Waals surface area (Å²) in [6.07, 6.45) is 7.25. The number of likely N-dealkylation sites (tertiary alicyclic amines) is 1. The monoisotopic (exact) mass is 325 g/mol. The number of unbranched alkanes of at least 4 members (excludes halogenated alkanes) is 2. The first-order valence-electron chi connectivity index (χ1n) is 8.51. The van der Waals surface area contributed by atoms with Gasteiger partial charge in [0.1, 0.15) is 11.0 Å². The van der Waals surface area contributed by atoms with Gasteiger partial charge in [-0.3, -0.25) is 4.90 Å². The van der Waals surface area contributed by atoms with Crippen molar-refractivity contribution in [2.24, 2.45) is 0 Å². The summed E-state index contributed by atoms with van der Waals surface area (Å²) in [6.45, 7) is 8.11. The molecule has 0 saturated carbocycles. The highest BCUT2D eigenvalue weighted by molar-refractivity contribution is 6.29. The first-order chi connectivity index (χ1) is 10.7. The lowest BCUT2D eigenvalue weighted by Crippen LogP contribution is -2.34. The van der Waals surface area contributed by atoms with E-state index >= 15 is 0 Å². The van der Waals surface area contributed by atoms with Crippen LogP contribution in [0.25, 0.3) is 0 Å². The zero-order valence-electron chi connectivity index (χ0n) is 13.9. The normalized spacial score (nSPS) is 19.0. The van der Waals surface area contributed by atoms with Gasteiger partial charge in [0.25, 0.3) is 0 Å². The predicted octanol–water partition coefficient (Wildman–Crippen LogP) is 3.65. The molecule has 0 amide bonds. The van der Waals surface area contributed by atoms with E-state index < -0.39 is 0 Å². The molecule has 0 radical (unpaired) electrons. The molecule has 124 valence electrons. The van der Waals surface area contributed by atoms with Crippen LogP contribution < -0.4 is 0 Å². The van der Waals surface area contributed by atoms with Crippen molar-refractivity contribution >= 4 is 11.6 Å². The van der Waals surface area contributed by atoms with E-state index in [1.807, 2.05) is 13.0 Å². The van der Waals surface area contributed by atoms with Crippen molar-refractivity contribution in [1.29, 1.82) is 0 Å². The SMILES string of the molecule is CCOC[C@H]1CCCN1CCCCCc1cc(Cl)nc(C)n1. The molecule has 5 heteroatoms. The maximum absolute atomic E-state index is 5.96. The number of aromatic nitrogens is 2. The summed E-state index contributed by atoms with van der Waals surface area (Å²) in [5, 5.41) is 0.554. The number of hydrogen-bond donors (Lipinski definition) is 0. The molecule has 0 bridgehead atoms. The summed E-state index contributed by atoms with van der Waals surface area (Å²) in [6, 6.07) is 2.52. The van der Waals surface area contributed by atoms with Gasteiger partial charge < -0.3 is 4.74 Å². The minimum absolute atomic E-state index is 0.554. The van der Waals surface area contributed by atoms with Gasteiger partial charge in [-0.1, -0.05) is 18.0 Å². The first kappa shape index (κ1) is 17.6. The number of aryl methyl sites for hydroxylation is 2. The highest BCUT2D eigenvalue weighted by atomic mass is 35.5. The summed E-state index contributed by atoms with van der Waals surface area (Å²) in [4.78, 5) is 11.1. The van der Waals surface area contributed by atoms with E-state index in [4.69, 9.17) is 16.3 Å². The Balaban J connectivity index is 1.62. The Labute approximate surface area is 139 Å². The van der Waals surface area contributed by atoms with E-state index in [-0.39, 0.29) is 0 Å². The molecule has 1 aromatic heterocycles. The van der Waals surface area contributed by atoms with Gasteiger partial charge in [0.15, 0.2) is 0 Å². The van der Waals surface area contributed by atoms with Gasteiger partial charge in [-0.2, -0.15) is 0 Å². The van der Waals surface area contributed by atoms with Gasteiger partial charge in [0.05, 0.1) is 6.61 Å². The second-order valence-electron chi connectivity index (χ2n) is 6.03. The first-order valence-corrected chi connectivity index (χ1v) is 8.88. The molecule has 1 aromatic rings. The molecule has 1 aliphatic heterocycles. The van der Waals surface area contributed by atoms with Gasteiger partial charge in [0.2, 0.25) is 0 Å². The Bertz CT molecular complexity index is 435. The van der Waals surface area contributed by atoms with Crippen molar-refractivity contribution in [3.63, 3.8) is 0 Å². The van der Waals surface area contributed by atoms with Crippen molar-refractivity contribution < 1.29 is 4.74 Å². The number of rotatable bonds is 9. The summed E-state index contributed by atoms with van der Waals surface area (Å²) in [5.74, 6) is 0.762. The third-order valence-electron chi connectivity index (χ3n) is 4.25. The molecule has 0 N–H and O–H groups in total. The lowest BCUT2D eigenvalue weighted by atomic mass is 10.1. The van der Waals surface area contributed by atoms with Crippen LogP contribution in [0.1, 0.15) is 50.5 Å². The maximum atomic E-state index is 5.96. The molecule has 1 saturated heterocycles. The average Bonchev–Trinajstić information content (AvgIpc) is 2.91. The number of hydrogen-bond acceptors (Lipinski definition) is 4. The van der Waals surface area contributed by atoms with Gasteiger partial charge >= 0.3 is 0 Å². The molecule has 0 aromatic carbocycles. The minimum atomic E-state index is 0.554. The molecule has 1 fully saturated rings. The number of halogens is 1. The van der Waals surface area contributed by atoms with Crippen LogP contribution in [0.15, 0.2) is 6.07 Å². The molecule has 2 rings (SSSR count). The summed E-state index contributed by atoms with van der Waals surface area (Å²) >= 11 is 5.96. The molecule has 2 heterocycles. The van der Waals surface area contributed by atoms with Gasteiger partial charge in [0, 0.05) is 18.3 Å². The zero-order chi connectivity index (χ0) is 15.8. The molecule has 4 nitrogen and oxygen atoms in total. The van der Waals surface area contributed by atoms with Crippen LogP contribution >= 0.6 is 11.6 Å². The molecule has 0 unspecified atom stereocenters. The maximum Gasteiger partial charge on any atom is 0.133 e. The van der Waals surface area contributed by atoms with Crippen LogP contribution in [-0.2, 0) is 11.2 Å². The van der Waals surface area contributed by atoms with E-state index in [1.165, 1.54) is 38.8 Å². The summed E-state index contributed by atoms with van der Waals surface area (Å²) in [5.41, 5.74) is 1.06. The van der Waals surface area contributed by atoms with Crippen LogP contribution in [0.3, 0.4) is 0 Å². The minimum Gasteiger partial charge on any atom is -0.380 e. The fraction of sp³-hybridized carbons (Fsp3) is 0.765. The lowest BCUT2D eigenvalue weighted by molar-refractivity contribution is 0.0845. The lowest BCUT2D eigenvalue weighted by Gasteiger charge is -2.24. The van der Waals surface area contributed by atoms with Crippen LogP contribution in [0, 0.1) is 6.92 Å². The quantitative estimate of drug-likeness (QED) is 0.513. The molecule has 1 aliphatic rings. The summed E-state index contributed by atoms with van der Waals surface area (Å²) < 4.78 is 5.59. The third-order valence-corrected chi connectivity index (χ3v) is 4.45. The molecule has 22 heavy (non-hydrogen) atoms. The smallest absolute Gasteiger partial charge is 0.133 e. The Morgan fingerprint density at radius 3 is 2.95 bits per heavy atom. The number of ether oxygens (including phenoxy) is 1. The standard InChI is InChI=1S/C17H28ClN3O/c1-3-22-13-16-9-7-11-21(16)10-6-4-5-8-15-12-17(18)20-14(2)19-15/h12,16H,3-11,13H2,1-2H3/t16-/m1/s1. The van der Waals surface area contributed by atoms with Gasteiger partial charge in [-0.15, -0.1) is 0 Å². The fourth-order valence-electron chi connectivity index (χ4n) is 3.15. The van der Waals surface area contributed by atoms with Crippen molar-refractivity contribution in [3.8, 4) is 0 Å². The topological polar surface area (TPSA) is 38.2 Å². The van der Waals surface area contributed by atoms with E-state index in [1.54, 1.807) is 0 Å². The second-order valence-corrected chi connectivity index (χ2v) is 6.42. The van der Waals surface area contributed by atoms with Crippen LogP contribution in [0.2, 0.25) is 5.15 Å². The van der Waals surface area contributed by atoms with Gasteiger partial charge in [-0.25, -0.2) is 9.97 Å². The van der Waals surface area contributed by atoms with Crippen molar-refractivity contribution in [3.05, 3.63) is 22.7 Å². The van der Waals surface area contributed by atoms with E-state index in [0.717, 1.165) is 37.6 Å². The van der Waals surface area contributed by atoms with Crippen LogP contribution in [0.4, 0.5) is 0 Å². The fourth-order valence-corrected chi connectivity index (χ4v) is 3.40. The van der Waals surface area contributed by atoms with E-state index in [2.05, 4.69) is 21.8 Å². The Morgan fingerprint density at radius 1 is 1.32 bits per heavy atom. The highest BCUT2D eigenvalue weighted by Crippen LogP contribution is 2.18. The van der Waals surface area contributed by atoms with E-state index in [9.17, 15) is 0 Å². The van der Waals surface area contributed by atoms with Crippen molar-refractivity contribution in [2.45, 2.75) is 58.4 Å². The van der Waals surface area contributed by atoms with Crippen LogP contribution in [-0.4, -0.2) is 47.2 Å². The van der Waals surface area contributed by atoms with E-state index in [0.29, 0.717) is 11.2 Å². The molecule has 0 spiro atoms. The van der Waals surface area contributed by atoms with Crippen molar-refractivity contribution in [1.82, 2.24) is 14.9 Å². The average molecular weight is 326 g/mol. The molecule has 1 atom stereocenters. The van der Waals surface area contributed by atoms with Gasteiger partial charge in [-0.05, 0) is 65.1 Å². The molecule has 0 aliphatic carbocycles. The predicted molar refractivity (Wildman–Crippen MR) is 90.4 cm³/mol. The Hall–Kier alpha value is -0.710. The molecular weight excluding hydrogens is 298 g/mol.